The lowest BCUT2D eigenvalue weighted by molar-refractivity contribution is -0.384. The highest BCUT2D eigenvalue weighted by Gasteiger charge is 2.30. The van der Waals surface area contributed by atoms with Crippen LogP contribution in [-0.2, 0) is 9.53 Å². The highest BCUT2D eigenvalue weighted by molar-refractivity contribution is 5.95. The molecule has 8 heteroatoms. The van der Waals surface area contributed by atoms with Crippen LogP contribution in [0.4, 0.5) is 16.2 Å². The van der Waals surface area contributed by atoms with E-state index >= 15 is 0 Å². The van der Waals surface area contributed by atoms with Crippen LogP contribution in [0, 0.1) is 16.0 Å². The number of unbranched alkanes of at least 4 members (excludes halogenated alkanes) is 1. The van der Waals surface area contributed by atoms with Gasteiger partial charge in [0.05, 0.1) is 4.92 Å². The van der Waals surface area contributed by atoms with Crippen molar-refractivity contribution in [3.63, 3.8) is 0 Å². The van der Waals surface area contributed by atoms with Crippen LogP contribution >= 0.6 is 0 Å². The molecule has 1 aliphatic rings. The molecular formula is C19H27N3O5. The summed E-state index contributed by atoms with van der Waals surface area (Å²) in [5.74, 6) is 0.301. The van der Waals surface area contributed by atoms with E-state index in [4.69, 9.17) is 4.74 Å². The number of nitrogens with zero attached hydrogens (tertiary/aromatic N) is 2. The molecule has 0 bridgehead atoms. The number of carbonyl (C=O) groups excluding carboxylic acids is 2. The normalized spacial score (nSPS) is 17.1. The van der Waals surface area contributed by atoms with Gasteiger partial charge in [-0.3, -0.25) is 14.9 Å². The Morgan fingerprint density at radius 3 is 2.56 bits per heavy atom. The van der Waals surface area contributed by atoms with E-state index in [9.17, 15) is 19.7 Å². The summed E-state index contributed by atoms with van der Waals surface area (Å²) in [6, 6.07) is 6.06. The summed E-state index contributed by atoms with van der Waals surface area (Å²) in [6.45, 7) is 6.62. The Morgan fingerprint density at radius 2 is 1.96 bits per heavy atom. The molecule has 1 atom stereocenters. The third-order valence-corrected chi connectivity index (χ3v) is 4.28. The molecule has 1 aliphatic heterocycles. The second-order valence-electron chi connectivity index (χ2n) is 7.77. The molecule has 1 unspecified atom stereocenters. The average Bonchev–Trinajstić information content (AvgIpc) is 2.93. The zero-order valence-electron chi connectivity index (χ0n) is 16.1. The molecule has 2 rings (SSSR count). The van der Waals surface area contributed by atoms with Crippen molar-refractivity contribution in [3.8, 4) is 0 Å². The van der Waals surface area contributed by atoms with Crippen molar-refractivity contribution in [2.75, 3.05) is 18.0 Å². The predicted molar refractivity (Wildman–Crippen MR) is 102 cm³/mol. The van der Waals surface area contributed by atoms with Crippen LogP contribution in [0.1, 0.15) is 46.5 Å². The second kappa shape index (κ2) is 8.83. The lowest BCUT2D eigenvalue weighted by Gasteiger charge is -2.19. The fraction of sp³-hybridized carbons (Fsp3) is 0.579. The monoisotopic (exact) mass is 377 g/mol. The summed E-state index contributed by atoms with van der Waals surface area (Å²) < 4.78 is 5.17. The van der Waals surface area contributed by atoms with Gasteiger partial charge in [0.2, 0.25) is 5.91 Å². The quantitative estimate of drug-likeness (QED) is 0.444. The van der Waals surface area contributed by atoms with Gasteiger partial charge in [-0.1, -0.05) is 6.42 Å². The van der Waals surface area contributed by atoms with Crippen LogP contribution in [-0.4, -0.2) is 35.6 Å². The van der Waals surface area contributed by atoms with Crippen molar-refractivity contribution in [2.45, 2.75) is 52.1 Å². The van der Waals surface area contributed by atoms with Crippen LogP contribution in [0.3, 0.4) is 0 Å². The number of nitrogens with one attached hydrogen (secondary N) is 1. The number of nitro groups is 1. The summed E-state index contributed by atoms with van der Waals surface area (Å²) in [6.07, 6.45) is 2.69. The highest BCUT2D eigenvalue weighted by atomic mass is 16.6. The van der Waals surface area contributed by atoms with E-state index in [2.05, 4.69) is 5.32 Å². The highest BCUT2D eigenvalue weighted by Crippen LogP contribution is 2.29. The van der Waals surface area contributed by atoms with Gasteiger partial charge in [-0.15, -0.1) is 0 Å². The maximum absolute atomic E-state index is 12.2. The van der Waals surface area contributed by atoms with Gasteiger partial charge in [0, 0.05) is 37.3 Å². The van der Waals surface area contributed by atoms with Gasteiger partial charge in [0.25, 0.3) is 5.69 Å². The van der Waals surface area contributed by atoms with Crippen molar-refractivity contribution < 1.29 is 19.2 Å². The van der Waals surface area contributed by atoms with Gasteiger partial charge in [0.1, 0.15) is 5.60 Å². The summed E-state index contributed by atoms with van der Waals surface area (Å²) in [5.41, 5.74) is 0.203. The van der Waals surface area contributed by atoms with Gasteiger partial charge in [0.15, 0.2) is 0 Å². The van der Waals surface area contributed by atoms with E-state index in [1.54, 1.807) is 17.0 Å². The predicted octanol–water partition coefficient (Wildman–Crippen LogP) is 3.64. The number of ether oxygens (including phenoxy) is 1. The number of carbonyl (C=O) groups is 2. The lowest BCUT2D eigenvalue weighted by atomic mass is 10.0. The molecule has 148 valence electrons. The number of hydrogen-bond donors (Lipinski definition) is 1. The largest absolute Gasteiger partial charge is 0.444 e. The van der Waals surface area contributed by atoms with Gasteiger partial charge in [-0.2, -0.15) is 0 Å². The van der Waals surface area contributed by atoms with Gasteiger partial charge in [-0.05, 0) is 51.7 Å². The summed E-state index contributed by atoms with van der Waals surface area (Å²) >= 11 is 0. The third-order valence-electron chi connectivity index (χ3n) is 4.28. The maximum atomic E-state index is 12.2. The standard InChI is InChI=1S/C19H27N3O5/c1-19(2,3)27-18(24)20-11-5-4-6-14-12-17(23)21(13-14)15-7-9-16(10-8-15)22(25)26/h7-10,14H,4-6,11-13H2,1-3H3,(H,20,24). The van der Waals surface area contributed by atoms with Crippen molar-refractivity contribution in [3.05, 3.63) is 34.4 Å². The smallest absolute Gasteiger partial charge is 0.407 e. The van der Waals surface area contributed by atoms with Crippen LogP contribution in [0.25, 0.3) is 0 Å². The van der Waals surface area contributed by atoms with Crippen molar-refractivity contribution in [2.24, 2.45) is 5.92 Å². The zero-order chi connectivity index (χ0) is 20.0. The molecule has 1 aromatic rings. The Morgan fingerprint density at radius 1 is 1.30 bits per heavy atom. The molecule has 1 fully saturated rings. The van der Waals surface area contributed by atoms with E-state index < -0.39 is 16.6 Å². The van der Waals surface area contributed by atoms with Crippen LogP contribution in [0.15, 0.2) is 24.3 Å². The number of nitro benzene ring substituents is 1. The Labute approximate surface area is 159 Å². The molecule has 0 radical (unpaired) electrons. The van der Waals surface area contributed by atoms with E-state index in [1.165, 1.54) is 12.1 Å². The number of benzene rings is 1. The minimum absolute atomic E-state index is 0.0134. The van der Waals surface area contributed by atoms with Gasteiger partial charge < -0.3 is 15.0 Å². The first-order valence-electron chi connectivity index (χ1n) is 9.17. The van der Waals surface area contributed by atoms with Gasteiger partial charge in [-0.25, -0.2) is 4.79 Å². The molecule has 8 nitrogen and oxygen atoms in total. The fourth-order valence-electron chi connectivity index (χ4n) is 3.04. The molecule has 0 aliphatic carbocycles. The minimum Gasteiger partial charge on any atom is -0.444 e. The Bertz CT molecular complexity index is 682. The van der Waals surface area contributed by atoms with E-state index in [0.717, 1.165) is 19.3 Å². The molecule has 1 N–H and O–H groups in total. The first-order chi connectivity index (χ1) is 12.7. The summed E-state index contributed by atoms with van der Waals surface area (Å²) in [4.78, 5) is 35.7. The van der Waals surface area contributed by atoms with Crippen LogP contribution < -0.4 is 10.2 Å². The summed E-state index contributed by atoms with van der Waals surface area (Å²) in [5, 5.41) is 13.5. The molecule has 1 saturated heterocycles. The average molecular weight is 377 g/mol. The number of amides is 2. The fourth-order valence-corrected chi connectivity index (χ4v) is 3.04. The molecule has 27 heavy (non-hydrogen) atoms. The number of hydrogen-bond acceptors (Lipinski definition) is 5. The van der Waals surface area contributed by atoms with E-state index in [-0.39, 0.29) is 17.5 Å². The SMILES string of the molecule is CC(C)(C)OC(=O)NCCCCC1CC(=O)N(c2ccc([N+](=O)[O-])cc2)C1. The molecular weight excluding hydrogens is 350 g/mol. The number of non-ortho nitro benzene ring substituents is 1. The molecule has 0 spiro atoms. The first kappa shape index (κ1) is 20.7. The van der Waals surface area contributed by atoms with Gasteiger partial charge >= 0.3 is 6.09 Å². The molecule has 0 aromatic heterocycles. The number of anilines is 1. The van der Waals surface area contributed by atoms with Crippen LogP contribution in [0.5, 0.6) is 0 Å². The number of alkyl carbamates (subject to hydrolysis) is 1. The van der Waals surface area contributed by atoms with Crippen molar-refractivity contribution in [1.82, 2.24) is 5.32 Å². The maximum Gasteiger partial charge on any atom is 0.407 e. The third kappa shape index (κ3) is 6.54. The van der Waals surface area contributed by atoms with E-state index in [0.29, 0.717) is 25.2 Å². The lowest BCUT2D eigenvalue weighted by Crippen LogP contribution is -2.33. The molecule has 1 heterocycles. The first-order valence-corrected chi connectivity index (χ1v) is 9.17. The van der Waals surface area contributed by atoms with Crippen molar-refractivity contribution >= 4 is 23.4 Å². The Balaban J connectivity index is 1.71. The zero-order valence-corrected chi connectivity index (χ0v) is 16.1. The van der Waals surface area contributed by atoms with E-state index in [1.807, 2.05) is 20.8 Å². The molecule has 0 saturated carbocycles. The molecule has 1 aromatic carbocycles. The number of rotatable bonds is 7. The minimum atomic E-state index is -0.504. The topological polar surface area (TPSA) is 102 Å². The Hall–Kier alpha value is -2.64. The van der Waals surface area contributed by atoms with Crippen molar-refractivity contribution in [1.29, 1.82) is 0 Å². The second-order valence-corrected chi connectivity index (χ2v) is 7.77. The Kier molecular flexibility index (Phi) is 6.76. The molecule has 2 amide bonds. The van der Waals surface area contributed by atoms with Crippen LogP contribution in [0.2, 0.25) is 0 Å². The summed E-state index contributed by atoms with van der Waals surface area (Å²) in [7, 11) is 0.